The van der Waals surface area contributed by atoms with Crippen LogP contribution >= 0.6 is 34.8 Å². The average Bonchev–Trinajstić information content (AvgIpc) is 2.49. The lowest BCUT2D eigenvalue weighted by atomic mass is 10.2. The molecule has 7 heteroatoms. The number of halogens is 3. The van der Waals surface area contributed by atoms with Crippen LogP contribution in [0.2, 0.25) is 15.1 Å². The van der Waals surface area contributed by atoms with Crippen LogP contribution in [0, 0.1) is 0 Å². The number of ether oxygens (including phenoxy) is 2. The second-order valence-electron chi connectivity index (χ2n) is 4.22. The van der Waals surface area contributed by atoms with Gasteiger partial charge in [0.05, 0.1) is 36.2 Å². The molecule has 0 heterocycles. The first kappa shape index (κ1) is 16.7. The van der Waals surface area contributed by atoms with Crippen LogP contribution in [-0.2, 0) is 0 Å². The van der Waals surface area contributed by atoms with Gasteiger partial charge in [-0.3, -0.25) is 5.43 Å². The van der Waals surface area contributed by atoms with Crippen LogP contribution in [0.4, 0.5) is 5.69 Å². The molecular formula is C15H13Cl3N2O2. The summed E-state index contributed by atoms with van der Waals surface area (Å²) in [7, 11) is 3.17. The number of nitrogens with one attached hydrogen (secondary N) is 1. The Morgan fingerprint density at radius 1 is 1.00 bits per heavy atom. The maximum atomic E-state index is 6.07. The molecule has 0 aliphatic carbocycles. The minimum atomic E-state index is 0.386. The minimum absolute atomic E-state index is 0.386. The summed E-state index contributed by atoms with van der Waals surface area (Å²) in [4.78, 5) is 0. The summed E-state index contributed by atoms with van der Waals surface area (Å²) < 4.78 is 10.4. The second-order valence-corrected chi connectivity index (χ2v) is 5.47. The third-order valence-corrected chi connectivity index (χ3v) is 3.64. The first-order valence-corrected chi connectivity index (χ1v) is 7.34. The van der Waals surface area contributed by atoms with Crippen molar-refractivity contribution in [2.24, 2.45) is 5.10 Å². The van der Waals surface area contributed by atoms with Crippen molar-refractivity contribution in [1.82, 2.24) is 0 Å². The standard InChI is InChI=1S/C15H13Cl3N2O2/c1-21-11-4-3-9(14(7-11)22-2)8-19-20-15-12(17)5-10(16)6-13(15)18/h3-8,20H,1-2H3/b19-8+. The van der Waals surface area contributed by atoms with Crippen LogP contribution in [0.25, 0.3) is 0 Å². The number of hydrazone groups is 1. The van der Waals surface area contributed by atoms with E-state index < -0.39 is 0 Å². The summed E-state index contributed by atoms with van der Waals surface area (Å²) in [6.45, 7) is 0. The topological polar surface area (TPSA) is 42.8 Å². The molecule has 4 nitrogen and oxygen atoms in total. The Balaban J connectivity index is 2.20. The fourth-order valence-electron chi connectivity index (χ4n) is 1.74. The predicted octanol–water partition coefficient (Wildman–Crippen LogP) is 5.11. The predicted molar refractivity (Wildman–Crippen MR) is 92.2 cm³/mol. The quantitative estimate of drug-likeness (QED) is 0.596. The first-order chi connectivity index (χ1) is 10.5. The molecule has 2 rings (SSSR count). The number of rotatable bonds is 5. The number of benzene rings is 2. The molecule has 0 spiro atoms. The van der Waals surface area contributed by atoms with Gasteiger partial charge in [0.15, 0.2) is 0 Å². The average molecular weight is 360 g/mol. The van der Waals surface area contributed by atoms with Gasteiger partial charge in [-0.05, 0) is 24.3 Å². The van der Waals surface area contributed by atoms with Crippen molar-refractivity contribution in [3.63, 3.8) is 0 Å². The summed E-state index contributed by atoms with van der Waals surface area (Å²) in [5.41, 5.74) is 4.05. The zero-order valence-electron chi connectivity index (χ0n) is 11.9. The molecule has 2 aromatic carbocycles. The van der Waals surface area contributed by atoms with Crippen LogP contribution in [0.15, 0.2) is 35.4 Å². The summed E-state index contributed by atoms with van der Waals surface area (Å²) in [5.74, 6) is 1.34. The van der Waals surface area contributed by atoms with Gasteiger partial charge in [-0.2, -0.15) is 5.10 Å². The van der Waals surface area contributed by atoms with Gasteiger partial charge in [-0.1, -0.05) is 34.8 Å². The third kappa shape index (κ3) is 3.97. The Morgan fingerprint density at radius 3 is 2.27 bits per heavy atom. The van der Waals surface area contributed by atoms with Crippen LogP contribution in [-0.4, -0.2) is 20.4 Å². The molecule has 0 atom stereocenters. The van der Waals surface area contributed by atoms with Gasteiger partial charge in [0.25, 0.3) is 0 Å². The van der Waals surface area contributed by atoms with Crippen LogP contribution in [0.5, 0.6) is 11.5 Å². The fourth-order valence-corrected chi connectivity index (χ4v) is 2.64. The van der Waals surface area contributed by atoms with Crippen LogP contribution < -0.4 is 14.9 Å². The zero-order valence-corrected chi connectivity index (χ0v) is 14.1. The van der Waals surface area contributed by atoms with Crippen molar-refractivity contribution in [2.45, 2.75) is 0 Å². The molecule has 22 heavy (non-hydrogen) atoms. The van der Waals surface area contributed by atoms with E-state index in [-0.39, 0.29) is 0 Å². The second kappa shape index (κ2) is 7.58. The van der Waals surface area contributed by atoms with E-state index in [9.17, 15) is 0 Å². The summed E-state index contributed by atoms with van der Waals surface area (Å²) in [6, 6.07) is 8.57. The van der Waals surface area contributed by atoms with E-state index in [4.69, 9.17) is 44.3 Å². The molecule has 0 aliphatic rings. The lowest BCUT2D eigenvalue weighted by Crippen LogP contribution is -1.96. The van der Waals surface area contributed by atoms with Gasteiger partial charge < -0.3 is 9.47 Å². The summed E-state index contributed by atoms with van der Waals surface area (Å²) in [5, 5.41) is 5.35. The highest BCUT2D eigenvalue weighted by Crippen LogP contribution is 2.33. The smallest absolute Gasteiger partial charge is 0.131 e. The molecule has 0 unspecified atom stereocenters. The van der Waals surface area contributed by atoms with Crippen molar-refractivity contribution < 1.29 is 9.47 Å². The molecule has 0 bridgehead atoms. The molecule has 0 saturated heterocycles. The van der Waals surface area contributed by atoms with Crippen molar-refractivity contribution >= 4 is 46.7 Å². The molecular weight excluding hydrogens is 347 g/mol. The Bertz CT molecular complexity index is 682. The van der Waals surface area contributed by atoms with E-state index >= 15 is 0 Å². The number of nitrogens with zero attached hydrogens (tertiary/aromatic N) is 1. The SMILES string of the molecule is COc1ccc(/C=N/Nc2c(Cl)cc(Cl)cc2Cl)c(OC)c1. The van der Waals surface area contributed by atoms with Gasteiger partial charge in [0, 0.05) is 16.7 Å². The van der Waals surface area contributed by atoms with Crippen LogP contribution in [0.1, 0.15) is 5.56 Å². The van der Waals surface area contributed by atoms with Crippen LogP contribution in [0.3, 0.4) is 0 Å². The van der Waals surface area contributed by atoms with Gasteiger partial charge in [-0.25, -0.2) is 0 Å². The van der Waals surface area contributed by atoms with Gasteiger partial charge in [0.2, 0.25) is 0 Å². The molecule has 0 fully saturated rings. The molecule has 0 saturated carbocycles. The molecule has 0 aliphatic heterocycles. The highest BCUT2D eigenvalue weighted by molar-refractivity contribution is 6.41. The number of hydrogen-bond donors (Lipinski definition) is 1. The Hall–Kier alpha value is -1.62. The molecule has 0 aromatic heterocycles. The monoisotopic (exact) mass is 358 g/mol. The van der Waals surface area contributed by atoms with Crippen molar-refractivity contribution in [2.75, 3.05) is 19.6 Å². The number of anilines is 1. The van der Waals surface area contributed by atoms with E-state index in [1.54, 1.807) is 38.6 Å². The van der Waals surface area contributed by atoms with E-state index in [0.717, 1.165) is 5.56 Å². The van der Waals surface area contributed by atoms with Crippen molar-refractivity contribution in [3.05, 3.63) is 51.0 Å². The highest BCUT2D eigenvalue weighted by atomic mass is 35.5. The molecule has 0 radical (unpaired) electrons. The minimum Gasteiger partial charge on any atom is -0.497 e. The maximum Gasteiger partial charge on any atom is 0.131 e. The van der Waals surface area contributed by atoms with E-state index in [1.807, 2.05) is 12.1 Å². The molecule has 2 aromatic rings. The largest absolute Gasteiger partial charge is 0.497 e. The molecule has 0 amide bonds. The lowest BCUT2D eigenvalue weighted by Gasteiger charge is -2.08. The van der Waals surface area contributed by atoms with Gasteiger partial charge in [-0.15, -0.1) is 0 Å². The summed E-state index contributed by atoms with van der Waals surface area (Å²) in [6.07, 6.45) is 1.60. The number of hydrogen-bond acceptors (Lipinski definition) is 4. The maximum absolute atomic E-state index is 6.07. The normalized spacial score (nSPS) is 10.8. The Morgan fingerprint density at radius 2 is 1.68 bits per heavy atom. The highest BCUT2D eigenvalue weighted by Gasteiger charge is 2.07. The Labute approximate surface area is 143 Å². The van der Waals surface area contributed by atoms with E-state index in [0.29, 0.717) is 32.3 Å². The van der Waals surface area contributed by atoms with Crippen molar-refractivity contribution in [1.29, 1.82) is 0 Å². The van der Waals surface area contributed by atoms with Crippen molar-refractivity contribution in [3.8, 4) is 11.5 Å². The van der Waals surface area contributed by atoms with E-state index in [2.05, 4.69) is 10.5 Å². The molecule has 116 valence electrons. The summed E-state index contributed by atoms with van der Waals surface area (Å²) >= 11 is 18.0. The Kier molecular flexibility index (Phi) is 5.77. The third-order valence-electron chi connectivity index (χ3n) is 2.83. The fraction of sp³-hybridized carbons (Fsp3) is 0.133. The zero-order chi connectivity index (χ0) is 16.1. The first-order valence-electron chi connectivity index (χ1n) is 6.20. The van der Waals surface area contributed by atoms with Gasteiger partial charge in [0.1, 0.15) is 11.5 Å². The van der Waals surface area contributed by atoms with Gasteiger partial charge >= 0.3 is 0 Å². The van der Waals surface area contributed by atoms with E-state index in [1.165, 1.54) is 0 Å². The lowest BCUT2D eigenvalue weighted by molar-refractivity contribution is 0.394. The molecule has 1 N–H and O–H groups in total. The number of methoxy groups -OCH3 is 2.